The lowest BCUT2D eigenvalue weighted by molar-refractivity contribution is 0.0818. The number of carbonyl (C=O) groups is 1. The summed E-state index contributed by atoms with van der Waals surface area (Å²) in [6, 6.07) is 11.3. The fraction of sp³-hybridized carbons (Fsp3) is 0.353. The molecule has 2 N–H and O–H groups in total. The normalized spacial score (nSPS) is 11.4. The van der Waals surface area contributed by atoms with E-state index in [0.717, 1.165) is 5.69 Å². The van der Waals surface area contributed by atoms with E-state index in [1.54, 1.807) is 12.1 Å². The predicted molar refractivity (Wildman–Crippen MR) is 83.6 cm³/mol. The van der Waals surface area contributed by atoms with Crippen LogP contribution in [-0.2, 0) is 0 Å². The van der Waals surface area contributed by atoms with Crippen molar-refractivity contribution in [3.8, 4) is 5.69 Å². The third kappa shape index (κ3) is 3.34. The highest BCUT2D eigenvalue weighted by Gasteiger charge is 2.27. The molecule has 4 nitrogen and oxygen atoms in total. The van der Waals surface area contributed by atoms with Crippen molar-refractivity contribution in [2.45, 2.75) is 32.2 Å². The van der Waals surface area contributed by atoms with Gasteiger partial charge in [0.05, 0.1) is 12.1 Å². The minimum absolute atomic E-state index is 0.0484. The van der Waals surface area contributed by atoms with Crippen molar-refractivity contribution in [1.29, 1.82) is 0 Å². The summed E-state index contributed by atoms with van der Waals surface area (Å²) >= 11 is 0. The van der Waals surface area contributed by atoms with E-state index in [1.165, 1.54) is 0 Å². The summed E-state index contributed by atoms with van der Waals surface area (Å²) in [5.74, 6) is -0.146. The molecule has 4 heteroatoms. The van der Waals surface area contributed by atoms with Crippen LogP contribution in [0.5, 0.6) is 0 Å². The summed E-state index contributed by atoms with van der Waals surface area (Å²) in [7, 11) is 0. The first-order chi connectivity index (χ1) is 10.1. The van der Waals surface area contributed by atoms with E-state index in [-0.39, 0.29) is 12.5 Å². The van der Waals surface area contributed by atoms with Crippen molar-refractivity contribution in [2.75, 3.05) is 6.61 Å². The molecule has 1 heterocycles. The lowest BCUT2D eigenvalue weighted by Gasteiger charge is -2.30. The highest BCUT2D eigenvalue weighted by Crippen LogP contribution is 2.16. The molecule has 0 radical (unpaired) electrons. The lowest BCUT2D eigenvalue weighted by atomic mass is 9.93. The first kappa shape index (κ1) is 15.3. The molecule has 112 valence electrons. The van der Waals surface area contributed by atoms with Gasteiger partial charge in [-0.2, -0.15) is 0 Å². The molecule has 0 saturated carbocycles. The Balaban J connectivity index is 2.13. The minimum atomic E-state index is -0.532. The Morgan fingerprint density at radius 2 is 1.71 bits per heavy atom. The van der Waals surface area contributed by atoms with Gasteiger partial charge in [0.15, 0.2) is 0 Å². The molecule has 0 unspecified atom stereocenters. The molecule has 0 atom stereocenters. The van der Waals surface area contributed by atoms with Crippen LogP contribution in [0, 0.1) is 0 Å². The predicted octanol–water partition coefficient (Wildman–Crippen LogP) is 2.76. The second kappa shape index (κ2) is 6.59. The Bertz CT molecular complexity index is 561. The number of aliphatic hydroxyl groups excluding tert-OH is 1. The van der Waals surface area contributed by atoms with Gasteiger partial charge in [0.2, 0.25) is 0 Å². The molecule has 2 rings (SSSR count). The van der Waals surface area contributed by atoms with E-state index in [2.05, 4.69) is 5.32 Å². The van der Waals surface area contributed by atoms with Crippen LogP contribution in [0.3, 0.4) is 0 Å². The smallest absolute Gasteiger partial charge is 0.251 e. The molecule has 0 fully saturated rings. The Labute approximate surface area is 125 Å². The van der Waals surface area contributed by atoms with Crippen LogP contribution in [0.4, 0.5) is 0 Å². The number of benzene rings is 1. The highest BCUT2D eigenvalue weighted by atomic mass is 16.3. The number of hydrogen-bond acceptors (Lipinski definition) is 2. The zero-order chi connectivity index (χ0) is 15.3. The van der Waals surface area contributed by atoms with Gasteiger partial charge in [0.1, 0.15) is 0 Å². The SMILES string of the molecule is CCC(CC)(CO)NC(=O)c1ccc(-n2cccc2)cc1. The molecule has 1 aromatic carbocycles. The molecule has 0 aliphatic carbocycles. The van der Waals surface area contributed by atoms with E-state index >= 15 is 0 Å². The molecule has 1 amide bonds. The van der Waals surface area contributed by atoms with Crippen molar-refractivity contribution in [3.05, 3.63) is 54.4 Å². The van der Waals surface area contributed by atoms with Crippen LogP contribution < -0.4 is 5.32 Å². The molecule has 1 aromatic heterocycles. The molecular formula is C17H22N2O2. The quantitative estimate of drug-likeness (QED) is 0.858. The summed E-state index contributed by atoms with van der Waals surface area (Å²) in [6.45, 7) is 3.89. The monoisotopic (exact) mass is 286 g/mol. The number of amides is 1. The van der Waals surface area contributed by atoms with E-state index in [0.29, 0.717) is 18.4 Å². The number of nitrogens with zero attached hydrogens (tertiary/aromatic N) is 1. The van der Waals surface area contributed by atoms with Crippen molar-refractivity contribution in [2.24, 2.45) is 0 Å². The Morgan fingerprint density at radius 3 is 2.19 bits per heavy atom. The third-order valence-electron chi connectivity index (χ3n) is 4.07. The van der Waals surface area contributed by atoms with E-state index in [1.807, 2.05) is 55.1 Å². The van der Waals surface area contributed by atoms with Gasteiger partial charge in [-0.15, -0.1) is 0 Å². The van der Waals surface area contributed by atoms with Gasteiger partial charge >= 0.3 is 0 Å². The van der Waals surface area contributed by atoms with E-state index in [9.17, 15) is 9.90 Å². The second-order valence-electron chi connectivity index (χ2n) is 5.24. The number of aromatic nitrogens is 1. The van der Waals surface area contributed by atoms with Gasteiger partial charge in [-0.25, -0.2) is 0 Å². The fourth-order valence-electron chi connectivity index (χ4n) is 2.29. The molecule has 0 aliphatic heterocycles. The Kier molecular flexibility index (Phi) is 4.81. The maximum atomic E-state index is 12.3. The molecule has 0 bridgehead atoms. The molecule has 0 aliphatic rings. The largest absolute Gasteiger partial charge is 0.394 e. The highest BCUT2D eigenvalue weighted by molar-refractivity contribution is 5.94. The van der Waals surface area contributed by atoms with Crippen LogP contribution in [-0.4, -0.2) is 27.7 Å². The molecule has 0 spiro atoms. The fourth-order valence-corrected chi connectivity index (χ4v) is 2.29. The molecule has 2 aromatic rings. The maximum Gasteiger partial charge on any atom is 0.251 e. The maximum absolute atomic E-state index is 12.3. The minimum Gasteiger partial charge on any atom is -0.394 e. The van der Waals surface area contributed by atoms with Crippen molar-refractivity contribution < 1.29 is 9.90 Å². The summed E-state index contributed by atoms with van der Waals surface area (Å²) in [5, 5.41) is 12.5. The van der Waals surface area contributed by atoms with Gasteiger partial charge in [0, 0.05) is 23.6 Å². The van der Waals surface area contributed by atoms with Gasteiger partial charge in [-0.1, -0.05) is 13.8 Å². The van der Waals surface area contributed by atoms with Gasteiger partial charge in [-0.05, 0) is 49.2 Å². The van der Waals surface area contributed by atoms with Gasteiger partial charge < -0.3 is 15.0 Å². The van der Waals surface area contributed by atoms with Crippen LogP contribution in [0.15, 0.2) is 48.8 Å². The topological polar surface area (TPSA) is 54.3 Å². The first-order valence-electron chi connectivity index (χ1n) is 7.31. The molecular weight excluding hydrogens is 264 g/mol. The lowest BCUT2D eigenvalue weighted by Crippen LogP contribution is -2.50. The summed E-state index contributed by atoms with van der Waals surface area (Å²) in [4.78, 5) is 12.3. The number of rotatable bonds is 6. The number of hydrogen-bond donors (Lipinski definition) is 2. The number of aliphatic hydroxyl groups is 1. The number of nitrogens with one attached hydrogen (secondary N) is 1. The Morgan fingerprint density at radius 1 is 1.14 bits per heavy atom. The Hall–Kier alpha value is -2.07. The average molecular weight is 286 g/mol. The van der Waals surface area contributed by atoms with Crippen LogP contribution >= 0.6 is 0 Å². The van der Waals surface area contributed by atoms with E-state index < -0.39 is 5.54 Å². The zero-order valence-electron chi connectivity index (χ0n) is 12.5. The zero-order valence-corrected chi connectivity index (χ0v) is 12.5. The average Bonchev–Trinajstić information content (AvgIpc) is 3.07. The molecule has 0 saturated heterocycles. The van der Waals surface area contributed by atoms with Crippen molar-refractivity contribution >= 4 is 5.91 Å². The first-order valence-corrected chi connectivity index (χ1v) is 7.31. The molecule has 21 heavy (non-hydrogen) atoms. The summed E-state index contributed by atoms with van der Waals surface area (Å²) < 4.78 is 1.98. The van der Waals surface area contributed by atoms with Crippen LogP contribution in [0.2, 0.25) is 0 Å². The third-order valence-corrected chi connectivity index (χ3v) is 4.07. The van der Waals surface area contributed by atoms with Crippen molar-refractivity contribution in [3.63, 3.8) is 0 Å². The van der Waals surface area contributed by atoms with Crippen LogP contribution in [0.25, 0.3) is 5.69 Å². The second-order valence-corrected chi connectivity index (χ2v) is 5.24. The number of carbonyl (C=O) groups excluding carboxylic acids is 1. The van der Waals surface area contributed by atoms with Crippen molar-refractivity contribution in [1.82, 2.24) is 9.88 Å². The van der Waals surface area contributed by atoms with Crippen LogP contribution in [0.1, 0.15) is 37.0 Å². The summed E-state index contributed by atoms with van der Waals surface area (Å²) in [6.07, 6.45) is 5.32. The standard InChI is InChI=1S/C17H22N2O2/c1-3-17(4-2,13-20)18-16(21)14-7-9-15(10-8-14)19-11-5-6-12-19/h5-12,20H,3-4,13H2,1-2H3,(H,18,21). The van der Waals surface area contributed by atoms with Gasteiger partial charge in [0.25, 0.3) is 5.91 Å². The van der Waals surface area contributed by atoms with Gasteiger partial charge in [-0.3, -0.25) is 4.79 Å². The summed E-state index contributed by atoms with van der Waals surface area (Å²) in [5.41, 5.74) is 1.08. The van der Waals surface area contributed by atoms with E-state index in [4.69, 9.17) is 0 Å².